The molecular formula is C4H10N2O4S. The zero-order chi connectivity index (χ0) is 8.91. The maximum atomic E-state index is 10.6. The molecule has 0 fully saturated rings. The Bertz CT molecular complexity index is 222. The average molecular weight is 182 g/mol. The van der Waals surface area contributed by atoms with Crippen molar-refractivity contribution in [3.8, 4) is 0 Å². The first kappa shape index (κ1) is 10.3. The summed E-state index contributed by atoms with van der Waals surface area (Å²) in [4.78, 5) is 10.3. The van der Waals surface area contributed by atoms with Crippen LogP contribution >= 0.6 is 0 Å². The maximum Gasteiger partial charge on any atom is 0.335 e. The lowest BCUT2D eigenvalue weighted by atomic mass is 10.7. The van der Waals surface area contributed by atoms with Gasteiger partial charge in [0.25, 0.3) is 0 Å². The lowest BCUT2D eigenvalue weighted by molar-refractivity contribution is -0.132. The topological polar surface area (TPSA) is 112 Å². The van der Waals surface area contributed by atoms with Crippen LogP contribution in [0.3, 0.4) is 0 Å². The molecule has 4 N–H and O–H groups in total. The molecule has 0 heterocycles. The lowest BCUT2D eigenvalue weighted by Crippen LogP contribution is -2.25. The Morgan fingerprint density at radius 2 is 1.91 bits per heavy atom. The minimum absolute atomic E-state index is 0.0832. The molecule has 0 atom stereocenters. The second-order valence-corrected chi connectivity index (χ2v) is 3.40. The molecule has 0 spiro atoms. The lowest BCUT2D eigenvalue weighted by Gasteiger charge is -2.01. The fourth-order valence-corrected chi connectivity index (χ4v) is 1.08. The Balaban J connectivity index is 4.03. The number of nitrogens with two attached hydrogens (primary N) is 2. The predicted molar refractivity (Wildman–Crippen MR) is 38.0 cm³/mol. The van der Waals surface area contributed by atoms with Crippen molar-refractivity contribution in [1.29, 1.82) is 0 Å². The van der Waals surface area contributed by atoms with Crippen LogP contribution in [-0.4, -0.2) is 33.2 Å². The summed E-state index contributed by atoms with van der Waals surface area (Å²) in [6.07, 6.45) is 0. The van der Waals surface area contributed by atoms with Crippen LogP contribution in [0.1, 0.15) is 0 Å². The van der Waals surface area contributed by atoms with Gasteiger partial charge in [0.2, 0.25) is 0 Å². The first-order valence-corrected chi connectivity index (χ1v) is 4.44. The highest BCUT2D eigenvalue weighted by Crippen LogP contribution is 1.91. The molecule has 0 aliphatic heterocycles. The van der Waals surface area contributed by atoms with E-state index in [9.17, 15) is 13.2 Å². The van der Waals surface area contributed by atoms with Crippen LogP contribution in [0.25, 0.3) is 0 Å². The van der Waals surface area contributed by atoms with Crippen molar-refractivity contribution in [3.05, 3.63) is 0 Å². The van der Waals surface area contributed by atoms with Gasteiger partial charge < -0.3 is 15.7 Å². The van der Waals surface area contributed by atoms with Crippen molar-refractivity contribution in [3.63, 3.8) is 0 Å². The van der Waals surface area contributed by atoms with Gasteiger partial charge in [0.05, 0.1) is 12.3 Å². The third-order valence-electron chi connectivity index (χ3n) is 0.754. The zero-order valence-corrected chi connectivity index (χ0v) is 6.63. The van der Waals surface area contributed by atoms with Crippen LogP contribution in [0.5, 0.6) is 0 Å². The van der Waals surface area contributed by atoms with Crippen molar-refractivity contribution < 1.29 is 17.4 Å². The van der Waals surface area contributed by atoms with Crippen LogP contribution in [0.15, 0.2) is 0 Å². The Hall–Kier alpha value is -0.660. The number of hydrogen-bond donors (Lipinski definition) is 2. The summed E-state index contributed by atoms with van der Waals surface area (Å²) in [5, 5.41) is 0. The van der Waals surface area contributed by atoms with E-state index < -0.39 is 22.6 Å². The summed E-state index contributed by atoms with van der Waals surface area (Å²) in [6, 6.07) is 0. The number of carbonyl (C=O) groups is 1. The van der Waals surface area contributed by atoms with E-state index in [4.69, 9.17) is 11.5 Å². The molecule has 0 aromatic heterocycles. The Labute approximate surface area is 64.6 Å². The smallest absolute Gasteiger partial charge is 0.335 e. The molecule has 0 aliphatic rings. The van der Waals surface area contributed by atoms with Gasteiger partial charge in [0, 0.05) is 6.54 Å². The van der Waals surface area contributed by atoms with Crippen molar-refractivity contribution in [2.24, 2.45) is 11.5 Å². The van der Waals surface area contributed by atoms with Gasteiger partial charge in [-0.25, -0.2) is 4.79 Å². The molecule has 0 saturated carbocycles. The molecule has 0 rings (SSSR count). The van der Waals surface area contributed by atoms with Crippen LogP contribution in [0, 0.1) is 0 Å². The monoisotopic (exact) mass is 182 g/mol. The van der Waals surface area contributed by atoms with E-state index in [2.05, 4.69) is 4.18 Å². The number of carbonyl (C=O) groups excluding carboxylic acids is 1. The molecule has 7 heteroatoms. The second-order valence-electron chi connectivity index (χ2n) is 1.71. The number of rotatable bonds is 4. The highest BCUT2D eigenvalue weighted by atomic mass is 32.2. The largest absolute Gasteiger partial charge is 0.344 e. The van der Waals surface area contributed by atoms with Gasteiger partial charge in [-0.1, -0.05) is 0 Å². The van der Waals surface area contributed by atoms with Crippen LogP contribution in [-0.2, 0) is 19.1 Å². The van der Waals surface area contributed by atoms with Crippen molar-refractivity contribution in [2.45, 2.75) is 0 Å². The fraction of sp³-hybridized carbons (Fsp3) is 0.750. The molecule has 11 heavy (non-hydrogen) atoms. The predicted octanol–water partition coefficient (Wildman–Crippen LogP) is -2.22. The molecule has 0 unspecified atom stereocenters. The van der Waals surface area contributed by atoms with E-state index in [1.807, 2.05) is 0 Å². The van der Waals surface area contributed by atoms with Gasteiger partial charge >= 0.3 is 16.1 Å². The summed E-state index contributed by atoms with van der Waals surface area (Å²) < 4.78 is 25.2. The van der Waals surface area contributed by atoms with Gasteiger partial charge in [-0.3, -0.25) is 0 Å². The van der Waals surface area contributed by atoms with Gasteiger partial charge in [0.15, 0.2) is 0 Å². The van der Waals surface area contributed by atoms with E-state index in [1.54, 1.807) is 0 Å². The van der Waals surface area contributed by atoms with Crippen molar-refractivity contribution >= 4 is 16.1 Å². The van der Waals surface area contributed by atoms with Crippen LogP contribution in [0.4, 0.5) is 0 Å². The van der Waals surface area contributed by atoms with E-state index in [1.165, 1.54) is 0 Å². The average Bonchev–Trinajstić information content (AvgIpc) is 1.86. The summed E-state index contributed by atoms with van der Waals surface area (Å²) in [5.41, 5.74) is 9.74. The van der Waals surface area contributed by atoms with Crippen LogP contribution < -0.4 is 11.5 Å². The fourth-order valence-electron chi connectivity index (χ4n) is 0.362. The molecule has 0 saturated heterocycles. The van der Waals surface area contributed by atoms with E-state index in [0.717, 1.165) is 0 Å². The molecule has 0 bridgehead atoms. The normalized spacial score (nSPS) is 11.1. The molecule has 66 valence electrons. The first-order chi connectivity index (χ1) is 5.02. The minimum Gasteiger partial charge on any atom is -0.344 e. The molecule has 6 nitrogen and oxygen atoms in total. The molecule has 0 aromatic carbocycles. The Kier molecular flexibility index (Phi) is 4.01. The van der Waals surface area contributed by atoms with Gasteiger partial charge in [-0.15, -0.1) is 0 Å². The van der Waals surface area contributed by atoms with E-state index in [-0.39, 0.29) is 12.3 Å². The highest BCUT2D eigenvalue weighted by molar-refractivity contribution is 7.87. The van der Waals surface area contributed by atoms with Gasteiger partial charge in [-0.05, 0) is 0 Å². The molecular weight excluding hydrogens is 172 g/mol. The van der Waals surface area contributed by atoms with E-state index in [0.29, 0.717) is 0 Å². The summed E-state index contributed by atoms with van der Waals surface area (Å²) in [6.45, 7) is -0.538. The quantitative estimate of drug-likeness (QED) is 0.476. The molecule has 0 aliphatic carbocycles. The van der Waals surface area contributed by atoms with Gasteiger partial charge in [0.1, 0.15) is 0 Å². The van der Waals surface area contributed by atoms with Crippen molar-refractivity contribution in [1.82, 2.24) is 0 Å². The molecule has 0 radical (unpaired) electrons. The Morgan fingerprint density at radius 3 is 2.27 bits per heavy atom. The standard InChI is InChI=1S/C4H10N2O4S/c5-1-2-11(8,9)10-4(7)3-6/h1-3,5-6H2. The van der Waals surface area contributed by atoms with Crippen molar-refractivity contribution in [2.75, 3.05) is 18.8 Å². The maximum absolute atomic E-state index is 10.6. The Morgan fingerprint density at radius 1 is 1.36 bits per heavy atom. The summed E-state index contributed by atoms with van der Waals surface area (Å²) >= 11 is 0. The molecule has 0 aromatic rings. The van der Waals surface area contributed by atoms with E-state index >= 15 is 0 Å². The first-order valence-electron chi connectivity index (χ1n) is 2.87. The van der Waals surface area contributed by atoms with Crippen LogP contribution in [0.2, 0.25) is 0 Å². The van der Waals surface area contributed by atoms with Gasteiger partial charge in [-0.2, -0.15) is 8.42 Å². The SMILES string of the molecule is NCCS(=O)(=O)OC(=O)CN. The molecule has 0 amide bonds. The minimum atomic E-state index is -3.80. The summed E-state index contributed by atoms with van der Waals surface area (Å²) in [5.74, 6) is -1.35. The third kappa shape index (κ3) is 4.71. The number of hydrogen-bond acceptors (Lipinski definition) is 6. The zero-order valence-electron chi connectivity index (χ0n) is 5.82. The third-order valence-corrected chi connectivity index (χ3v) is 1.93. The highest BCUT2D eigenvalue weighted by Gasteiger charge is 2.13. The second kappa shape index (κ2) is 4.27. The summed E-state index contributed by atoms with van der Waals surface area (Å²) in [7, 11) is -3.80.